The van der Waals surface area contributed by atoms with E-state index in [4.69, 9.17) is 15.2 Å². The number of hydrogen-bond donors (Lipinski definition) is 2. The number of anilines is 1. The van der Waals surface area contributed by atoms with Gasteiger partial charge >= 0.3 is 0 Å². The highest BCUT2D eigenvalue weighted by molar-refractivity contribution is 6.40. The third-order valence-electron chi connectivity index (χ3n) is 4.41. The van der Waals surface area contributed by atoms with Crippen LogP contribution in [0.5, 0.6) is 11.5 Å². The summed E-state index contributed by atoms with van der Waals surface area (Å²) >= 11 is 0. The predicted molar refractivity (Wildman–Crippen MR) is 98.4 cm³/mol. The number of hydrogen-bond acceptors (Lipinski definition) is 6. The Morgan fingerprint density at radius 2 is 1.93 bits per heavy atom. The lowest BCUT2D eigenvalue weighted by atomic mass is 10.1. The Hall–Kier alpha value is -3.55. The molecule has 8 nitrogen and oxygen atoms in total. The number of rotatable bonds is 5. The fourth-order valence-corrected chi connectivity index (χ4v) is 3.02. The molecule has 0 aromatic heterocycles. The number of nitrogens with two attached hydrogens (primary N) is 1. The van der Waals surface area contributed by atoms with Crippen molar-refractivity contribution >= 4 is 23.2 Å². The van der Waals surface area contributed by atoms with E-state index in [0.29, 0.717) is 23.7 Å². The Labute approximate surface area is 155 Å². The highest BCUT2D eigenvalue weighted by Gasteiger charge is 2.34. The third-order valence-corrected chi connectivity index (χ3v) is 4.41. The van der Waals surface area contributed by atoms with Gasteiger partial charge < -0.3 is 20.5 Å². The first-order valence-electron chi connectivity index (χ1n) is 8.49. The Morgan fingerprint density at radius 1 is 1.15 bits per heavy atom. The summed E-state index contributed by atoms with van der Waals surface area (Å²) in [6.45, 7) is 0.507. The lowest BCUT2D eigenvalue weighted by molar-refractivity contribution is -0.119. The van der Waals surface area contributed by atoms with Gasteiger partial charge in [-0.2, -0.15) is 5.10 Å². The number of benzene rings is 2. The number of carbonyl (C=O) groups is 2. The molecular formula is C19H18N4O4. The SMILES string of the molecule is NC(=O)[C@@H]1CC(C(=O)NCc2ccc3c(c2)OCO3)=NN1c1ccccc1. The maximum absolute atomic E-state index is 12.5. The zero-order valence-corrected chi connectivity index (χ0v) is 14.4. The monoisotopic (exact) mass is 366 g/mol. The van der Waals surface area contributed by atoms with Crippen molar-refractivity contribution in [2.24, 2.45) is 10.8 Å². The van der Waals surface area contributed by atoms with Crippen molar-refractivity contribution in [2.45, 2.75) is 19.0 Å². The van der Waals surface area contributed by atoms with Crippen LogP contribution in [0.15, 0.2) is 53.6 Å². The summed E-state index contributed by atoms with van der Waals surface area (Å²) in [5.74, 6) is 0.482. The van der Waals surface area contributed by atoms with Gasteiger partial charge in [0.15, 0.2) is 11.5 Å². The van der Waals surface area contributed by atoms with Gasteiger partial charge in [0.05, 0.1) is 5.69 Å². The maximum Gasteiger partial charge on any atom is 0.267 e. The number of carbonyl (C=O) groups excluding carboxylic acids is 2. The van der Waals surface area contributed by atoms with E-state index in [9.17, 15) is 9.59 Å². The number of ether oxygens (including phenoxy) is 2. The van der Waals surface area contributed by atoms with Crippen LogP contribution < -0.4 is 25.5 Å². The summed E-state index contributed by atoms with van der Waals surface area (Å²) < 4.78 is 10.6. The van der Waals surface area contributed by atoms with Crippen molar-refractivity contribution in [1.82, 2.24) is 5.32 Å². The van der Waals surface area contributed by atoms with Crippen LogP contribution in [0.25, 0.3) is 0 Å². The fraction of sp³-hybridized carbons (Fsp3) is 0.211. The van der Waals surface area contributed by atoms with Crippen LogP contribution in [0.3, 0.4) is 0 Å². The molecular weight excluding hydrogens is 348 g/mol. The molecule has 2 aromatic rings. The number of nitrogens with zero attached hydrogens (tertiary/aromatic N) is 2. The first-order valence-corrected chi connectivity index (χ1v) is 8.49. The number of hydrazone groups is 1. The average Bonchev–Trinajstić information content (AvgIpc) is 3.33. The van der Waals surface area contributed by atoms with Crippen molar-refractivity contribution in [3.05, 3.63) is 54.1 Å². The van der Waals surface area contributed by atoms with Gasteiger partial charge in [0.2, 0.25) is 12.7 Å². The molecule has 2 aliphatic rings. The van der Waals surface area contributed by atoms with Gasteiger partial charge in [-0.15, -0.1) is 0 Å². The maximum atomic E-state index is 12.5. The van der Waals surface area contributed by atoms with Crippen molar-refractivity contribution in [3.63, 3.8) is 0 Å². The predicted octanol–water partition coefficient (Wildman–Crippen LogP) is 1.15. The van der Waals surface area contributed by atoms with Crippen molar-refractivity contribution in [3.8, 4) is 11.5 Å². The first-order chi connectivity index (χ1) is 13.1. The van der Waals surface area contributed by atoms with Crippen molar-refractivity contribution in [2.75, 3.05) is 11.8 Å². The molecule has 4 rings (SSSR count). The first kappa shape index (κ1) is 16.9. The highest BCUT2D eigenvalue weighted by Crippen LogP contribution is 2.32. The Bertz CT molecular complexity index is 913. The van der Waals surface area contributed by atoms with E-state index >= 15 is 0 Å². The van der Waals surface area contributed by atoms with Crippen LogP contribution >= 0.6 is 0 Å². The zero-order valence-electron chi connectivity index (χ0n) is 14.4. The molecule has 0 saturated carbocycles. The molecule has 27 heavy (non-hydrogen) atoms. The molecule has 2 aromatic carbocycles. The number of nitrogens with one attached hydrogen (secondary N) is 1. The molecule has 3 N–H and O–H groups in total. The molecule has 2 heterocycles. The molecule has 8 heteroatoms. The second-order valence-corrected chi connectivity index (χ2v) is 6.22. The second-order valence-electron chi connectivity index (χ2n) is 6.22. The summed E-state index contributed by atoms with van der Waals surface area (Å²) in [4.78, 5) is 24.3. The Kier molecular flexibility index (Phi) is 4.37. The van der Waals surface area contributed by atoms with Gasteiger partial charge in [0.25, 0.3) is 5.91 Å². The van der Waals surface area contributed by atoms with E-state index in [-0.39, 0.29) is 24.8 Å². The molecule has 1 atom stereocenters. The highest BCUT2D eigenvalue weighted by atomic mass is 16.7. The summed E-state index contributed by atoms with van der Waals surface area (Å²) in [7, 11) is 0. The quantitative estimate of drug-likeness (QED) is 0.826. The summed E-state index contributed by atoms with van der Waals surface area (Å²) in [6, 6.07) is 14.0. The summed E-state index contributed by atoms with van der Waals surface area (Å²) in [6.07, 6.45) is 0.164. The molecule has 0 fully saturated rings. The van der Waals surface area contributed by atoms with Gasteiger partial charge in [0, 0.05) is 13.0 Å². The van der Waals surface area contributed by atoms with E-state index in [0.717, 1.165) is 5.56 Å². The summed E-state index contributed by atoms with van der Waals surface area (Å²) in [5, 5.41) is 8.64. The van der Waals surface area contributed by atoms with Crippen molar-refractivity contribution < 1.29 is 19.1 Å². The van der Waals surface area contributed by atoms with Crippen LogP contribution in [0, 0.1) is 0 Å². The van der Waals surface area contributed by atoms with E-state index in [1.807, 2.05) is 42.5 Å². The van der Waals surface area contributed by atoms with E-state index in [1.54, 1.807) is 6.07 Å². The second kappa shape index (κ2) is 6.99. The van der Waals surface area contributed by atoms with Gasteiger partial charge in [-0.05, 0) is 29.8 Å². The number of amides is 2. The topological polar surface area (TPSA) is 106 Å². The van der Waals surface area contributed by atoms with Crippen LogP contribution in [-0.4, -0.2) is 30.4 Å². The van der Waals surface area contributed by atoms with Gasteiger partial charge in [-0.25, -0.2) is 0 Å². The molecule has 0 radical (unpaired) electrons. The fourth-order valence-electron chi connectivity index (χ4n) is 3.02. The molecule has 0 aliphatic carbocycles. The molecule has 0 unspecified atom stereocenters. The minimum Gasteiger partial charge on any atom is -0.454 e. The lowest BCUT2D eigenvalue weighted by Crippen LogP contribution is -2.39. The molecule has 0 saturated heterocycles. The largest absolute Gasteiger partial charge is 0.454 e. The number of para-hydroxylation sites is 1. The van der Waals surface area contributed by atoms with Gasteiger partial charge in [0.1, 0.15) is 11.8 Å². The summed E-state index contributed by atoms with van der Waals surface area (Å²) in [5.41, 5.74) is 7.34. The third kappa shape index (κ3) is 3.41. The van der Waals surface area contributed by atoms with Crippen LogP contribution in [0.1, 0.15) is 12.0 Å². The Morgan fingerprint density at radius 3 is 2.70 bits per heavy atom. The van der Waals surface area contributed by atoms with Gasteiger partial charge in [-0.3, -0.25) is 14.6 Å². The van der Waals surface area contributed by atoms with Crippen LogP contribution in [0.4, 0.5) is 5.69 Å². The number of primary amides is 1. The Balaban J connectivity index is 1.46. The lowest BCUT2D eigenvalue weighted by Gasteiger charge is -2.20. The van der Waals surface area contributed by atoms with E-state index in [2.05, 4.69) is 10.4 Å². The minimum absolute atomic E-state index is 0.164. The molecule has 0 bridgehead atoms. The van der Waals surface area contributed by atoms with Crippen LogP contribution in [-0.2, 0) is 16.1 Å². The zero-order chi connectivity index (χ0) is 18.8. The van der Waals surface area contributed by atoms with Crippen molar-refractivity contribution in [1.29, 1.82) is 0 Å². The standard InChI is InChI=1S/C19H18N4O4/c20-18(24)15-9-14(22-23(15)13-4-2-1-3-5-13)19(25)21-10-12-6-7-16-17(8-12)27-11-26-16/h1-8,15H,9-11H2,(H2,20,24)(H,21,25)/t15-/m0/s1. The minimum atomic E-state index is -0.682. The van der Waals surface area contributed by atoms with E-state index in [1.165, 1.54) is 5.01 Å². The molecule has 138 valence electrons. The van der Waals surface area contributed by atoms with E-state index < -0.39 is 11.9 Å². The normalized spacial score (nSPS) is 17.6. The smallest absolute Gasteiger partial charge is 0.267 e. The van der Waals surface area contributed by atoms with Gasteiger partial charge in [-0.1, -0.05) is 24.3 Å². The average molecular weight is 366 g/mol. The molecule has 2 aliphatic heterocycles. The number of fused-ring (bicyclic) bond motifs is 1. The van der Waals surface area contributed by atoms with Crippen LogP contribution in [0.2, 0.25) is 0 Å². The molecule has 0 spiro atoms. The molecule has 2 amide bonds.